The second-order valence-corrected chi connectivity index (χ2v) is 3.83. The molecular formula is C8H17N3O3S. The van der Waals surface area contributed by atoms with E-state index in [-0.39, 0.29) is 19.1 Å². The molecule has 5 N–H and O–H groups in total. The van der Waals surface area contributed by atoms with Crippen LogP contribution in [0.2, 0.25) is 0 Å². The average Bonchev–Trinajstić information content (AvgIpc) is 2.20. The molecule has 0 aromatic heterocycles. The molecule has 15 heavy (non-hydrogen) atoms. The molecule has 0 unspecified atom stereocenters. The molecule has 0 aliphatic rings. The lowest BCUT2D eigenvalue weighted by atomic mass is 10.2. The summed E-state index contributed by atoms with van der Waals surface area (Å²) in [4.78, 5) is 21.5. The number of nitrogens with one attached hydrogen (secondary N) is 1. The van der Waals surface area contributed by atoms with Crippen LogP contribution in [0.25, 0.3) is 0 Å². The lowest BCUT2D eigenvalue weighted by Gasteiger charge is -2.11. The van der Waals surface area contributed by atoms with Crippen molar-refractivity contribution in [1.82, 2.24) is 5.32 Å². The van der Waals surface area contributed by atoms with E-state index >= 15 is 0 Å². The molecule has 0 aromatic rings. The van der Waals surface area contributed by atoms with E-state index in [9.17, 15) is 9.59 Å². The van der Waals surface area contributed by atoms with Crippen LogP contribution in [-0.2, 0) is 9.53 Å². The molecule has 0 bridgehead atoms. The predicted molar refractivity (Wildman–Crippen MR) is 59.5 cm³/mol. The van der Waals surface area contributed by atoms with Crippen LogP contribution in [0, 0.1) is 0 Å². The smallest absolute Gasteiger partial charge is 0.404 e. The van der Waals surface area contributed by atoms with Gasteiger partial charge in [0.05, 0.1) is 12.6 Å². The zero-order valence-electron chi connectivity index (χ0n) is 8.69. The largest absolute Gasteiger partial charge is 0.448 e. The molecule has 6 nitrogen and oxygen atoms in total. The van der Waals surface area contributed by atoms with Gasteiger partial charge in [0.15, 0.2) is 0 Å². The number of nitrogens with two attached hydrogens (primary N) is 2. The molecule has 7 heteroatoms. The summed E-state index contributed by atoms with van der Waals surface area (Å²) in [6.07, 6.45) is 1.73. The highest BCUT2D eigenvalue weighted by molar-refractivity contribution is 7.98. The standard InChI is InChI=1S/C8H17N3O3S/c1-15-5-2-6(9)7(12)11-3-4-14-8(10)13/h6H,2-5,9H2,1H3,(H2,10,13)(H,11,12)/t6-/m0/s1. The highest BCUT2D eigenvalue weighted by atomic mass is 32.2. The van der Waals surface area contributed by atoms with Crippen molar-refractivity contribution in [2.45, 2.75) is 12.5 Å². The van der Waals surface area contributed by atoms with Crippen LogP contribution in [0.1, 0.15) is 6.42 Å². The van der Waals surface area contributed by atoms with Gasteiger partial charge in [0.2, 0.25) is 5.91 Å². The highest BCUT2D eigenvalue weighted by Crippen LogP contribution is 1.98. The van der Waals surface area contributed by atoms with Crippen molar-refractivity contribution in [2.75, 3.05) is 25.2 Å². The molecule has 0 spiro atoms. The molecule has 88 valence electrons. The van der Waals surface area contributed by atoms with Gasteiger partial charge in [-0.2, -0.15) is 11.8 Å². The summed E-state index contributed by atoms with van der Waals surface area (Å²) >= 11 is 1.63. The Morgan fingerprint density at radius 2 is 2.20 bits per heavy atom. The first-order valence-corrected chi connectivity index (χ1v) is 5.91. The summed E-state index contributed by atoms with van der Waals surface area (Å²) in [7, 11) is 0. The number of rotatable bonds is 7. The van der Waals surface area contributed by atoms with Crippen molar-refractivity contribution in [3.8, 4) is 0 Å². The highest BCUT2D eigenvalue weighted by Gasteiger charge is 2.11. The van der Waals surface area contributed by atoms with Crippen LogP contribution in [0.3, 0.4) is 0 Å². The van der Waals surface area contributed by atoms with E-state index in [1.165, 1.54) is 0 Å². The molecule has 0 saturated carbocycles. The van der Waals surface area contributed by atoms with Gasteiger partial charge < -0.3 is 21.5 Å². The number of amides is 2. The molecule has 0 aliphatic carbocycles. The SMILES string of the molecule is CSCC[C@H](N)C(=O)NCCOC(N)=O. The van der Waals surface area contributed by atoms with Gasteiger partial charge in [0.1, 0.15) is 6.61 Å². The van der Waals surface area contributed by atoms with Gasteiger partial charge in [-0.25, -0.2) is 4.79 Å². The monoisotopic (exact) mass is 235 g/mol. The number of hydrogen-bond acceptors (Lipinski definition) is 5. The second kappa shape index (κ2) is 8.37. The molecule has 0 saturated heterocycles. The third-order valence-corrected chi connectivity index (χ3v) is 2.26. The fourth-order valence-corrected chi connectivity index (χ4v) is 1.32. The Hall–Kier alpha value is -0.950. The summed E-state index contributed by atoms with van der Waals surface area (Å²) in [6, 6.07) is -0.508. The van der Waals surface area contributed by atoms with Crippen molar-refractivity contribution in [2.24, 2.45) is 11.5 Å². The zero-order valence-corrected chi connectivity index (χ0v) is 9.51. The van der Waals surface area contributed by atoms with Gasteiger partial charge in [-0.1, -0.05) is 0 Å². The van der Waals surface area contributed by atoms with Crippen molar-refractivity contribution in [3.63, 3.8) is 0 Å². The predicted octanol–water partition coefficient (Wildman–Crippen LogP) is -0.722. The maximum Gasteiger partial charge on any atom is 0.404 e. The quantitative estimate of drug-likeness (QED) is 0.505. The van der Waals surface area contributed by atoms with Gasteiger partial charge in [0, 0.05) is 0 Å². The Morgan fingerprint density at radius 3 is 2.73 bits per heavy atom. The van der Waals surface area contributed by atoms with Gasteiger partial charge in [0.25, 0.3) is 0 Å². The lowest BCUT2D eigenvalue weighted by molar-refractivity contribution is -0.122. The van der Waals surface area contributed by atoms with Crippen molar-refractivity contribution < 1.29 is 14.3 Å². The van der Waals surface area contributed by atoms with E-state index in [2.05, 4.69) is 10.1 Å². The minimum atomic E-state index is -0.851. The summed E-state index contributed by atoms with van der Waals surface area (Å²) in [6.45, 7) is 0.297. The Bertz CT molecular complexity index is 213. The van der Waals surface area contributed by atoms with E-state index in [1.807, 2.05) is 6.26 Å². The topological polar surface area (TPSA) is 107 Å². The first kappa shape index (κ1) is 14.1. The molecule has 0 heterocycles. The van der Waals surface area contributed by atoms with E-state index in [0.29, 0.717) is 6.42 Å². The van der Waals surface area contributed by atoms with Crippen LogP contribution in [0.15, 0.2) is 0 Å². The maximum absolute atomic E-state index is 11.3. The van der Waals surface area contributed by atoms with Crippen LogP contribution >= 0.6 is 11.8 Å². The summed E-state index contributed by atoms with van der Waals surface area (Å²) in [5.74, 6) is 0.601. The Labute approximate surface area is 93.1 Å². The van der Waals surface area contributed by atoms with Gasteiger partial charge >= 0.3 is 6.09 Å². The van der Waals surface area contributed by atoms with Crippen molar-refractivity contribution in [1.29, 1.82) is 0 Å². The Balaban J connectivity index is 3.51. The molecule has 0 radical (unpaired) electrons. The van der Waals surface area contributed by atoms with E-state index in [0.717, 1.165) is 5.75 Å². The van der Waals surface area contributed by atoms with Crippen molar-refractivity contribution >= 4 is 23.8 Å². The van der Waals surface area contributed by atoms with Gasteiger partial charge in [-0.3, -0.25) is 4.79 Å². The minimum absolute atomic E-state index is 0.0658. The maximum atomic E-state index is 11.3. The van der Waals surface area contributed by atoms with Crippen LogP contribution in [0.4, 0.5) is 4.79 Å². The van der Waals surface area contributed by atoms with E-state index in [4.69, 9.17) is 11.5 Å². The first-order chi connectivity index (χ1) is 7.07. The molecule has 1 atom stereocenters. The average molecular weight is 235 g/mol. The third-order valence-electron chi connectivity index (χ3n) is 1.62. The van der Waals surface area contributed by atoms with Gasteiger partial charge in [-0.05, 0) is 18.4 Å². The van der Waals surface area contributed by atoms with Crippen LogP contribution < -0.4 is 16.8 Å². The Morgan fingerprint density at radius 1 is 1.53 bits per heavy atom. The van der Waals surface area contributed by atoms with E-state index < -0.39 is 12.1 Å². The second-order valence-electron chi connectivity index (χ2n) is 2.85. The van der Waals surface area contributed by atoms with Crippen molar-refractivity contribution in [3.05, 3.63) is 0 Å². The van der Waals surface area contributed by atoms with E-state index in [1.54, 1.807) is 11.8 Å². The number of carbonyl (C=O) groups excluding carboxylic acids is 2. The number of primary amides is 1. The van der Waals surface area contributed by atoms with Crippen LogP contribution in [0.5, 0.6) is 0 Å². The summed E-state index contributed by atoms with van der Waals surface area (Å²) < 4.78 is 4.43. The molecule has 0 aliphatic heterocycles. The molecule has 2 amide bonds. The normalized spacial score (nSPS) is 11.9. The Kier molecular flexibility index (Phi) is 7.84. The summed E-state index contributed by atoms with van der Waals surface area (Å²) in [5.41, 5.74) is 10.3. The minimum Gasteiger partial charge on any atom is -0.448 e. The fourth-order valence-electron chi connectivity index (χ4n) is 0.833. The summed E-state index contributed by atoms with van der Waals surface area (Å²) in [5, 5.41) is 2.54. The number of thioether (sulfide) groups is 1. The lowest BCUT2D eigenvalue weighted by Crippen LogP contribution is -2.42. The molecular weight excluding hydrogens is 218 g/mol. The molecule has 0 rings (SSSR count). The van der Waals surface area contributed by atoms with Crippen LogP contribution in [-0.4, -0.2) is 43.2 Å². The zero-order chi connectivity index (χ0) is 11.7. The first-order valence-electron chi connectivity index (χ1n) is 4.52. The van der Waals surface area contributed by atoms with Gasteiger partial charge in [-0.15, -0.1) is 0 Å². The number of hydrogen-bond donors (Lipinski definition) is 3. The number of carbonyl (C=O) groups is 2. The molecule has 0 aromatic carbocycles. The number of ether oxygens (including phenoxy) is 1. The molecule has 0 fully saturated rings. The third kappa shape index (κ3) is 8.07. The fraction of sp³-hybridized carbons (Fsp3) is 0.750.